The lowest BCUT2D eigenvalue weighted by molar-refractivity contribution is 0.0519. The van der Waals surface area contributed by atoms with Crippen LogP contribution in [-0.2, 0) is 15.9 Å². The molecule has 0 radical (unpaired) electrons. The number of Topliss-reactive ketones (excluding diaryl/α,β-unsaturated/α-hetero) is 1. The van der Waals surface area contributed by atoms with Crippen LogP contribution in [0.25, 0.3) is 34.4 Å². The Morgan fingerprint density at radius 3 is 1.69 bits per heavy atom. The average molecular weight is 1470 g/mol. The highest BCUT2D eigenvalue weighted by Crippen LogP contribution is 2.37. The molecule has 3 amide bonds. The molecule has 5 aliphatic rings. The van der Waals surface area contributed by atoms with E-state index in [2.05, 4.69) is 75.5 Å². The van der Waals surface area contributed by atoms with E-state index in [0.29, 0.717) is 98.5 Å². The van der Waals surface area contributed by atoms with E-state index in [9.17, 15) is 33.9 Å². The van der Waals surface area contributed by atoms with Gasteiger partial charge in [-0.05, 0) is 178 Å². The minimum atomic E-state index is -1.33. The van der Waals surface area contributed by atoms with Gasteiger partial charge in [-0.25, -0.2) is 24.5 Å². The normalized spacial score (nSPS) is 15.6. The van der Waals surface area contributed by atoms with Crippen molar-refractivity contribution < 1.29 is 58.5 Å². The van der Waals surface area contributed by atoms with Crippen molar-refractivity contribution in [3.63, 3.8) is 0 Å². The summed E-state index contributed by atoms with van der Waals surface area (Å²) < 4.78 is 16.3. The molecule has 0 atom stereocenters. The smallest absolute Gasteiger partial charge is 0.357 e. The summed E-state index contributed by atoms with van der Waals surface area (Å²) in [6.45, 7) is 18.0. The summed E-state index contributed by atoms with van der Waals surface area (Å²) >= 11 is 3.15. The molecular formula is C78H95BrN12O12. The Labute approximate surface area is 610 Å². The van der Waals surface area contributed by atoms with Gasteiger partial charge in [0.05, 0.1) is 33.0 Å². The maximum absolute atomic E-state index is 13.7. The second kappa shape index (κ2) is 39.2. The number of carbonyl (C=O) groups is 6. The van der Waals surface area contributed by atoms with Gasteiger partial charge in [0.1, 0.15) is 17.1 Å². The number of ether oxygens (including phenoxy) is 3. The van der Waals surface area contributed by atoms with Crippen LogP contribution in [0.5, 0.6) is 5.75 Å². The number of amidine groups is 2. The lowest BCUT2D eigenvalue weighted by atomic mass is 9.90. The largest absolute Gasteiger partial charge is 0.496 e. The minimum absolute atomic E-state index is 0.0111. The van der Waals surface area contributed by atoms with Crippen LogP contribution in [0, 0.1) is 18.8 Å². The van der Waals surface area contributed by atoms with E-state index >= 15 is 0 Å². The number of nitrogens with zero attached hydrogens (tertiary/aromatic N) is 6. The predicted octanol–water partition coefficient (Wildman–Crippen LogP) is 12.5. The lowest BCUT2D eigenvalue weighted by Gasteiger charge is -2.34. The Kier molecular flexibility index (Phi) is 29.9. The molecule has 546 valence electrons. The number of nitrogens with one attached hydrogen (secondary N) is 4. The number of anilines is 1. The number of benzene rings is 4. The highest BCUT2D eigenvalue weighted by atomic mass is 79.9. The van der Waals surface area contributed by atoms with Gasteiger partial charge in [-0.3, -0.25) is 19.2 Å². The van der Waals surface area contributed by atoms with Crippen molar-refractivity contribution in [3.8, 4) is 28.0 Å². The molecule has 3 heterocycles. The first-order valence-corrected chi connectivity index (χ1v) is 36.3. The minimum Gasteiger partial charge on any atom is -0.496 e. The third-order valence-electron chi connectivity index (χ3n) is 18.2. The standard InChI is InChI=1S/C31H32N4O6.C28H27N5O5.C17H31N3O.C2H5Br/c1-4-20-15-24(26(36)14-18-8-10-21(11-9-18)29(32)35-39)23(16-27(20)40-3)22-12-13-25(30(37)33-17-19-6-7-19)34-28(22)31(38)41-5-2;1-3-17-13-22(26(34)31-19-8-6-18(7-9-19)25(29)33-38)21(12-15(17)2)20-10-11-23(32-24(20)28(36)37)27(35)30-14-16-4-5-16;1-3-7-15(8-4-1)18-17(20-11-13-21-14-12-20)19-16-9-5-2-6-10-16;1-2-3/h4,8-13,15-16,19,39H,1,5-7,14,17H2,2-3H3,(H2,32,35)(H,33,37);3,6-13,16,38H,1,4-5,14H2,2H3,(H2,29,33)(H,30,35)(H,31,34)(H,36,37);15-16H,1-14H2,(H,18,19);2H2,1H3. The summed E-state index contributed by atoms with van der Waals surface area (Å²) in [7, 11) is 1.49. The number of pyridine rings is 2. The number of esters is 1. The summed E-state index contributed by atoms with van der Waals surface area (Å²) in [5, 5.41) is 46.9. The summed E-state index contributed by atoms with van der Waals surface area (Å²) in [6.07, 6.45) is 20.9. The van der Waals surface area contributed by atoms with E-state index in [1.807, 2.05) is 13.8 Å². The number of methoxy groups -OCH3 is 1. The molecule has 25 heteroatoms. The number of aromatic nitrogens is 2. The molecule has 0 spiro atoms. The van der Waals surface area contributed by atoms with E-state index < -0.39 is 23.8 Å². The number of carboxylic acids is 1. The van der Waals surface area contributed by atoms with Gasteiger partial charge in [0.25, 0.3) is 17.7 Å². The van der Waals surface area contributed by atoms with Crippen LogP contribution < -0.4 is 37.5 Å². The maximum Gasteiger partial charge on any atom is 0.357 e. The number of aryl methyl sites for hydroxylation is 1. The topological polar surface area (TPSA) is 357 Å². The molecule has 4 aromatic carbocycles. The number of morpholine rings is 1. The van der Waals surface area contributed by atoms with Crippen LogP contribution in [0.3, 0.4) is 0 Å². The van der Waals surface area contributed by atoms with Gasteiger partial charge < -0.3 is 67.4 Å². The summed E-state index contributed by atoms with van der Waals surface area (Å²) in [6, 6.07) is 26.9. The van der Waals surface area contributed by atoms with Crippen molar-refractivity contribution in [1.82, 2.24) is 30.8 Å². The number of guanidine groups is 1. The number of hydrogen-bond acceptors (Lipinski definition) is 16. The number of oxime groups is 2. The molecule has 6 aromatic rings. The molecule has 1 aliphatic heterocycles. The van der Waals surface area contributed by atoms with Crippen LogP contribution in [0.1, 0.15) is 200 Å². The Morgan fingerprint density at radius 1 is 0.660 bits per heavy atom. The van der Waals surface area contributed by atoms with Gasteiger partial charge >= 0.3 is 11.9 Å². The number of aliphatic imine (C=N–C) groups is 1. The van der Waals surface area contributed by atoms with E-state index in [-0.39, 0.29) is 70.3 Å². The summed E-state index contributed by atoms with van der Waals surface area (Å²) in [5.74, 6) is -1.19. The van der Waals surface area contributed by atoms with Gasteiger partial charge in [0.2, 0.25) is 0 Å². The van der Waals surface area contributed by atoms with E-state index in [1.54, 1.807) is 97.9 Å². The SMILES string of the molecule is C1CCC(N=C(NC2CCCCC2)N2CCOCC2)CC1.C=Cc1cc(C(=O)Cc2ccc(/C(N)=N/O)cc2)c(-c2ccc(C(=O)NCC3CC3)nc2C(=O)OCC)cc1OC.C=Cc1cc(C(=O)Nc2ccc(/C(N)=N\O)cc2)c(-c2ccc(C(=O)NCC3CC3)nc2C(=O)O)cc1C.CCBr. The van der Waals surface area contributed by atoms with E-state index in [0.717, 1.165) is 62.9 Å². The number of aromatic carboxylic acids is 1. The van der Waals surface area contributed by atoms with Gasteiger partial charge in [-0.2, -0.15) is 0 Å². The molecule has 24 nitrogen and oxygen atoms in total. The summed E-state index contributed by atoms with van der Waals surface area (Å²) in [5.41, 5.74) is 16.8. The Bertz CT molecular complexity index is 4060. The maximum atomic E-state index is 13.7. The fourth-order valence-corrected chi connectivity index (χ4v) is 12.1. The van der Waals surface area contributed by atoms with Crippen LogP contribution in [0.2, 0.25) is 0 Å². The average Bonchev–Trinajstić information content (AvgIpc) is 1.52. The number of amides is 3. The highest BCUT2D eigenvalue weighted by molar-refractivity contribution is 9.09. The number of rotatable bonds is 23. The molecule has 11 N–H and O–H groups in total. The zero-order valence-electron chi connectivity index (χ0n) is 59.1. The number of halogens is 1. The Balaban J connectivity index is 0.000000201. The van der Waals surface area contributed by atoms with Crippen molar-refractivity contribution in [2.45, 2.75) is 129 Å². The Morgan fingerprint density at radius 2 is 1.17 bits per heavy atom. The van der Waals surface area contributed by atoms with Gasteiger partial charge in [-0.1, -0.05) is 121 Å². The second-order valence-corrected chi connectivity index (χ2v) is 26.8. The first-order chi connectivity index (χ1) is 49.8. The molecule has 103 heavy (non-hydrogen) atoms. The zero-order chi connectivity index (χ0) is 74.0. The first kappa shape index (κ1) is 78.4. The molecule has 4 aliphatic carbocycles. The summed E-state index contributed by atoms with van der Waals surface area (Å²) in [4.78, 5) is 93.7. The Hall–Kier alpha value is -10.3. The van der Waals surface area contributed by atoms with Crippen molar-refractivity contribution in [2.24, 2.45) is 38.6 Å². The van der Waals surface area contributed by atoms with Gasteiger partial charge in [0, 0.05) is 88.6 Å². The van der Waals surface area contributed by atoms with Crippen LogP contribution >= 0.6 is 15.9 Å². The van der Waals surface area contributed by atoms with E-state index in [4.69, 9.17) is 41.1 Å². The first-order valence-electron chi connectivity index (χ1n) is 35.2. The van der Waals surface area contributed by atoms with Crippen LogP contribution in [0.4, 0.5) is 5.69 Å². The number of carboxylic acid groups (broad SMARTS) is 1. The fourth-order valence-electron chi connectivity index (χ4n) is 12.1. The fraction of sp³-hybridized carbons (Fsp3) is 0.397. The number of carbonyl (C=O) groups excluding carboxylic acids is 5. The van der Waals surface area contributed by atoms with Crippen molar-refractivity contribution in [1.29, 1.82) is 0 Å². The van der Waals surface area contributed by atoms with Crippen molar-refractivity contribution >= 4 is 86.8 Å². The lowest BCUT2D eigenvalue weighted by Crippen LogP contribution is -2.51. The van der Waals surface area contributed by atoms with Crippen LogP contribution in [-0.4, -0.2) is 154 Å². The zero-order valence-corrected chi connectivity index (χ0v) is 60.7. The van der Waals surface area contributed by atoms with Crippen molar-refractivity contribution in [2.75, 3.05) is 63.8 Å². The highest BCUT2D eigenvalue weighted by Gasteiger charge is 2.29. The second-order valence-electron chi connectivity index (χ2n) is 25.7. The molecule has 5 fully saturated rings. The molecule has 4 saturated carbocycles. The molecule has 0 bridgehead atoms. The molecule has 2 aromatic heterocycles. The molecule has 1 saturated heterocycles. The third kappa shape index (κ3) is 22.6. The molecular weight excluding hydrogens is 1380 g/mol. The monoisotopic (exact) mass is 1470 g/mol. The van der Waals surface area contributed by atoms with Gasteiger partial charge in [0.15, 0.2) is 34.8 Å². The number of hydrogen-bond donors (Lipinski definition) is 9. The quantitative estimate of drug-likeness (QED) is 0.00547. The number of nitrogens with two attached hydrogens (primary N) is 2. The van der Waals surface area contributed by atoms with Gasteiger partial charge in [-0.15, -0.1) is 0 Å². The van der Waals surface area contributed by atoms with E-state index in [1.165, 1.54) is 95.5 Å². The number of ketones is 1. The third-order valence-corrected chi connectivity index (χ3v) is 18.2. The van der Waals surface area contributed by atoms with Crippen LogP contribution in [0.15, 0.2) is 126 Å². The van der Waals surface area contributed by atoms with Crippen molar-refractivity contribution in [3.05, 3.63) is 178 Å². The number of alkyl halides is 1. The molecule has 11 rings (SSSR count). The molecule has 0 unspecified atom stereocenters. The predicted molar refractivity (Wildman–Crippen MR) is 404 cm³/mol.